The van der Waals surface area contributed by atoms with Gasteiger partial charge in [0, 0.05) is 38.8 Å². The van der Waals surface area contributed by atoms with Crippen molar-refractivity contribution in [3.05, 3.63) is 82.9 Å². The first-order chi connectivity index (χ1) is 20.5. The minimum atomic E-state index is -5.00. The first-order valence-corrected chi connectivity index (χ1v) is 14.0. The number of benzene rings is 3. The minimum Gasteiger partial charge on any atom is -0.379 e. The summed E-state index contributed by atoms with van der Waals surface area (Å²) in [5, 5.41) is 1.98. The number of nitrogens with zero attached hydrogens (tertiary/aromatic N) is 3. The molecular formula is C32H31F6N3O2. The van der Waals surface area contributed by atoms with E-state index in [9.17, 15) is 31.1 Å². The van der Waals surface area contributed by atoms with Gasteiger partial charge in [-0.15, -0.1) is 0 Å². The van der Waals surface area contributed by atoms with E-state index in [-0.39, 0.29) is 6.54 Å². The summed E-state index contributed by atoms with van der Waals surface area (Å²) in [5.41, 5.74) is -2.82. The Kier molecular flexibility index (Phi) is 9.30. The summed E-state index contributed by atoms with van der Waals surface area (Å²) >= 11 is 0. The molecule has 5 nitrogen and oxygen atoms in total. The lowest BCUT2D eigenvalue weighted by Gasteiger charge is -2.41. The normalized spacial score (nSPS) is 18.8. The number of carbonyl (C=O) groups excluding carboxylic acids is 1. The number of fused-ring (bicyclic) bond motifs is 1. The summed E-state index contributed by atoms with van der Waals surface area (Å²) in [6.45, 7) is 4.62. The van der Waals surface area contributed by atoms with Crippen LogP contribution in [0.25, 0.3) is 10.8 Å². The van der Waals surface area contributed by atoms with Crippen molar-refractivity contribution < 1.29 is 35.9 Å². The van der Waals surface area contributed by atoms with Crippen LogP contribution in [0.1, 0.15) is 27.0 Å². The highest BCUT2D eigenvalue weighted by Crippen LogP contribution is 2.37. The number of piperazine rings is 1. The lowest BCUT2D eigenvalue weighted by Crippen LogP contribution is -2.56. The number of alkyl halides is 6. The maximum Gasteiger partial charge on any atom is 0.417 e. The highest BCUT2D eigenvalue weighted by molar-refractivity contribution is 5.96. The van der Waals surface area contributed by atoms with Crippen molar-refractivity contribution >= 4 is 16.7 Å². The van der Waals surface area contributed by atoms with Crippen molar-refractivity contribution in [2.24, 2.45) is 0 Å². The van der Waals surface area contributed by atoms with Gasteiger partial charge in [-0.25, -0.2) is 0 Å². The van der Waals surface area contributed by atoms with Crippen LogP contribution in [0.15, 0.2) is 60.7 Å². The average Bonchev–Trinajstić information content (AvgIpc) is 2.98. The van der Waals surface area contributed by atoms with Crippen LogP contribution in [-0.4, -0.2) is 85.7 Å². The Morgan fingerprint density at radius 1 is 0.791 bits per heavy atom. The quantitative estimate of drug-likeness (QED) is 0.282. The van der Waals surface area contributed by atoms with Gasteiger partial charge in [0.25, 0.3) is 5.91 Å². The van der Waals surface area contributed by atoms with Crippen LogP contribution < -0.4 is 0 Å². The van der Waals surface area contributed by atoms with Crippen molar-refractivity contribution in [3.63, 3.8) is 0 Å². The van der Waals surface area contributed by atoms with Crippen LogP contribution in [-0.2, 0) is 23.5 Å². The Labute approximate surface area is 246 Å². The molecule has 2 heterocycles. The molecule has 0 saturated carbocycles. The van der Waals surface area contributed by atoms with Gasteiger partial charge in [-0.3, -0.25) is 14.6 Å². The summed E-state index contributed by atoms with van der Waals surface area (Å²) in [4.78, 5) is 19.2. The second kappa shape index (κ2) is 13.0. The molecule has 43 heavy (non-hydrogen) atoms. The number of hydrogen-bond donors (Lipinski definition) is 0. The zero-order valence-corrected chi connectivity index (χ0v) is 23.3. The van der Waals surface area contributed by atoms with Gasteiger partial charge in [0.15, 0.2) is 0 Å². The largest absolute Gasteiger partial charge is 0.417 e. The van der Waals surface area contributed by atoms with Crippen LogP contribution in [0.3, 0.4) is 0 Å². The molecule has 1 amide bonds. The molecule has 228 valence electrons. The fourth-order valence-corrected chi connectivity index (χ4v) is 5.54. The molecule has 0 aromatic heterocycles. The monoisotopic (exact) mass is 603 g/mol. The number of ether oxygens (including phenoxy) is 1. The van der Waals surface area contributed by atoms with E-state index >= 15 is 0 Å². The molecule has 3 aromatic carbocycles. The van der Waals surface area contributed by atoms with E-state index in [1.165, 1.54) is 4.90 Å². The van der Waals surface area contributed by atoms with E-state index in [4.69, 9.17) is 4.74 Å². The number of rotatable bonds is 5. The third-order valence-electron chi connectivity index (χ3n) is 7.83. The minimum absolute atomic E-state index is 0.0514. The number of halogens is 6. The second-order valence-electron chi connectivity index (χ2n) is 10.8. The van der Waals surface area contributed by atoms with Crippen LogP contribution >= 0.6 is 0 Å². The highest BCUT2D eigenvalue weighted by Gasteiger charge is 2.41. The van der Waals surface area contributed by atoms with Crippen molar-refractivity contribution in [1.82, 2.24) is 14.7 Å². The molecule has 0 unspecified atom stereocenters. The molecule has 3 aromatic rings. The first kappa shape index (κ1) is 30.9. The van der Waals surface area contributed by atoms with Gasteiger partial charge < -0.3 is 9.64 Å². The molecule has 11 heteroatoms. The van der Waals surface area contributed by atoms with Crippen molar-refractivity contribution in [3.8, 4) is 11.8 Å². The number of hydrogen-bond acceptors (Lipinski definition) is 4. The lowest BCUT2D eigenvalue weighted by atomic mass is 9.96. The van der Waals surface area contributed by atoms with E-state index in [2.05, 4.69) is 16.7 Å². The topological polar surface area (TPSA) is 36.0 Å². The fraction of sp³-hybridized carbons (Fsp3) is 0.406. The Balaban J connectivity index is 1.41. The first-order valence-electron chi connectivity index (χ1n) is 14.0. The van der Waals surface area contributed by atoms with Crippen LogP contribution in [0, 0.1) is 11.8 Å². The fourth-order valence-electron chi connectivity index (χ4n) is 5.54. The summed E-state index contributed by atoms with van der Waals surface area (Å²) in [6.07, 6.45) is -9.59. The average molecular weight is 604 g/mol. The van der Waals surface area contributed by atoms with E-state index < -0.39 is 41.0 Å². The van der Waals surface area contributed by atoms with Gasteiger partial charge in [0.1, 0.15) is 0 Å². The highest BCUT2D eigenvalue weighted by atomic mass is 19.4. The van der Waals surface area contributed by atoms with Gasteiger partial charge in [-0.2, -0.15) is 26.3 Å². The zero-order valence-electron chi connectivity index (χ0n) is 23.3. The van der Waals surface area contributed by atoms with Crippen molar-refractivity contribution in [2.45, 2.75) is 24.8 Å². The van der Waals surface area contributed by atoms with Crippen molar-refractivity contribution in [2.75, 3.05) is 59.0 Å². The standard InChI is InChI=1S/C32H31F6N3O2/c33-31(34,35)26-9-10-29(32(36,37)38)28(21-26)30(42)41-14-13-40(12-4-3-11-39-15-17-43-18-16-39)22-27(41)20-23-7-8-24-5-1-2-6-25(24)19-23/h1-2,5-10,19,21,27H,11-18,20,22H2/t27-/m1/s1. The Bertz CT molecular complexity index is 1500. The lowest BCUT2D eigenvalue weighted by molar-refractivity contribution is -0.141. The number of amides is 1. The summed E-state index contributed by atoms with van der Waals surface area (Å²) in [6, 6.07) is 13.9. The Hall–Kier alpha value is -3.59. The molecule has 2 fully saturated rings. The molecule has 1 atom stereocenters. The zero-order chi connectivity index (χ0) is 30.6. The Morgan fingerprint density at radius 2 is 1.49 bits per heavy atom. The van der Waals surface area contributed by atoms with Gasteiger partial charge in [0.2, 0.25) is 0 Å². The third kappa shape index (κ3) is 7.68. The smallest absolute Gasteiger partial charge is 0.379 e. The molecule has 0 bridgehead atoms. The molecule has 5 rings (SSSR count). The van der Waals surface area contributed by atoms with Gasteiger partial charge in [0.05, 0.1) is 43.0 Å². The molecule has 0 radical (unpaired) electrons. The maximum atomic E-state index is 13.9. The predicted octanol–water partition coefficient (Wildman–Crippen LogP) is 5.58. The third-order valence-corrected chi connectivity index (χ3v) is 7.83. The van der Waals surface area contributed by atoms with Gasteiger partial charge >= 0.3 is 12.4 Å². The SMILES string of the molecule is O=C(c1cc(C(F)(F)F)ccc1C(F)(F)F)N1CCN(CC#CCN2CCOCC2)C[C@H]1Cc1ccc2ccccc2c1. The summed E-state index contributed by atoms with van der Waals surface area (Å²) < 4.78 is 87.4. The molecule has 2 aliphatic rings. The van der Waals surface area contributed by atoms with Gasteiger partial charge in [-0.1, -0.05) is 54.3 Å². The van der Waals surface area contributed by atoms with E-state index in [1.54, 1.807) is 0 Å². The van der Waals surface area contributed by atoms with Crippen LogP contribution in [0.5, 0.6) is 0 Å². The van der Waals surface area contributed by atoms with E-state index in [0.29, 0.717) is 64.0 Å². The number of morpholine rings is 1. The molecule has 2 saturated heterocycles. The number of carbonyl (C=O) groups is 1. The van der Waals surface area contributed by atoms with Gasteiger partial charge in [-0.05, 0) is 41.0 Å². The second-order valence-corrected chi connectivity index (χ2v) is 10.8. The van der Waals surface area contributed by atoms with Crippen LogP contribution in [0.2, 0.25) is 0 Å². The van der Waals surface area contributed by atoms with Crippen molar-refractivity contribution in [1.29, 1.82) is 0 Å². The summed E-state index contributed by atoms with van der Waals surface area (Å²) in [7, 11) is 0. The molecule has 2 aliphatic heterocycles. The molecule has 0 spiro atoms. The Morgan fingerprint density at radius 3 is 2.19 bits per heavy atom. The predicted molar refractivity (Wildman–Crippen MR) is 150 cm³/mol. The molecule has 0 N–H and O–H groups in total. The van der Waals surface area contributed by atoms with E-state index in [1.807, 2.05) is 47.4 Å². The molecular weight excluding hydrogens is 572 g/mol. The van der Waals surface area contributed by atoms with E-state index in [0.717, 1.165) is 29.4 Å². The maximum absolute atomic E-state index is 13.9. The van der Waals surface area contributed by atoms with Crippen LogP contribution in [0.4, 0.5) is 26.3 Å². The summed E-state index contributed by atoms with van der Waals surface area (Å²) in [5.74, 6) is 5.25. The molecule has 0 aliphatic carbocycles.